The molecular formula is C17H17FN4O3. The number of hydrogen-bond donors (Lipinski definition) is 1. The molecule has 0 spiro atoms. The molecule has 0 bridgehead atoms. The Bertz CT molecular complexity index is 817. The molecule has 0 aliphatic heterocycles. The second-order valence-corrected chi connectivity index (χ2v) is 5.31. The predicted octanol–water partition coefficient (Wildman–Crippen LogP) is 1.95. The molecule has 1 aromatic carbocycles. The predicted molar refractivity (Wildman–Crippen MR) is 86.2 cm³/mol. The van der Waals surface area contributed by atoms with E-state index in [9.17, 15) is 9.18 Å². The van der Waals surface area contributed by atoms with E-state index in [0.717, 1.165) is 5.76 Å². The fourth-order valence-corrected chi connectivity index (χ4v) is 2.18. The van der Waals surface area contributed by atoms with E-state index in [1.165, 1.54) is 16.8 Å². The SMILES string of the molecule is O=C(Cn1cc(COc2ccccc2F)nn1)NCCc1ccco1. The molecule has 7 nitrogen and oxygen atoms in total. The van der Waals surface area contributed by atoms with Gasteiger partial charge in [0.15, 0.2) is 11.6 Å². The van der Waals surface area contributed by atoms with Gasteiger partial charge < -0.3 is 14.5 Å². The van der Waals surface area contributed by atoms with Gasteiger partial charge in [-0.1, -0.05) is 17.3 Å². The van der Waals surface area contributed by atoms with Crippen molar-refractivity contribution in [2.45, 2.75) is 19.6 Å². The number of aromatic nitrogens is 3. The lowest BCUT2D eigenvalue weighted by Crippen LogP contribution is -2.29. The topological polar surface area (TPSA) is 82.2 Å². The maximum atomic E-state index is 13.5. The smallest absolute Gasteiger partial charge is 0.241 e. The Morgan fingerprint density at radius 1 is 1.28 bits per heavy atom. The molecule has 3 aromatic rings. The first kappa shape index (κ1) is 16.7. The molecule has 0 saturated carbocycles. The van der Waals surface area contributed by atoms with Crippen molar-refractivity contribution in [2.75, 3.05) is 6.54 Å². The summed E-state index contributed by atoms with van der Waals surface area (Å²) in [5.74, 6) is 0.338. The maximum absolute atomic E-state index is 13.5. The van der Waals surface area contributed by atoms with Gasteiger partial charge >= 0.3 is 0 Å². The van der Waals surface area contributed by atoms with Gasteiger partial charge in [-0.15, -0.1) is 5.10 Å². The summed E-state index contributed by atoms with van der Waals surface area (Å²) in [6, 6.07) is 9.78. The van der Waals surface area contributed by atoms with Gasteiger partial charge in [0, 0.05) is 13.0 Å². The molecule has 2 aromatic heterocycles. The van der Waals surface area contributed by atoms with Gasteiger partial charge in [0.1, 0.15) is 24.6 Å². The molecule has 1 N–H and O–H groups in total. The fraction of sp³-hybridized carbons (Fsp3) is 0.235. The van der Waals surface area contributed by atoms with Crippen LogP contribution in [0, 0.1) is 5.82 Å². The van der Waals surface area contributed by atoms with Gasteiger partial charge in [-0.3, -0.25) is 4.79 Å². The lowest BCUT2D eigenvalue weighted by atomic mass is 10.3. The molecule has 0 aliphatic carbocycles. The van der Waals surface area contributed by atoms with Crippen molar-refractivity contribution >= 4 is 5.91 Å². The van der Waals surface area contributed by atoms with Crippen molar-refractivity contribution in [3.8, 4) is 5.75 Å². The van der Waals surface area contributed by atoms with Crippen LogP contribution in [0.25, 0.3) is 0 Å². The molecular weight excluding hydrogens is 327 g/mol. The molecule has 3 rings (SSSR count). The number of hydrogen-bond acceptors (Lipinski definition) is 5. The number of ether oxygens (including phenoxy) is 1. The summed E-state index contributed by atoms with van der Waals surface area (Å²) in [7, 11) is 0. The van der Waals surface area contributed by atoms with Crippen LogP contribution in [0.2, 0.25) is 0 Å². The first-order chi connectivity index (χ1) is 12.2. The minimum Gasteiger partial charge on any atom is -0.484 e. The average Bonchev–Trinajstić information content (AvgIpc) is 3.26. The number of halogens is 1. The summed E-state index contributed by atoms with van der Waals surface area (Å²) in [6.07, 6.45) is 3.81. The van der Waals surface area contributed by atoms with Gasteiger partial charge in [0.05, 0.1) is 12.5 Å². The number of nitrogens with one attached hydrogen (secondary N) is 1. The van der Waals surface area contributed by atoms with Crippen LogP contribution in [0.5, 0.6) is 5.75 Å². The zero-order valence-electron chi connectivity index (χ0n) is 13.4. The number of carbonyl (C=O) groups excluding carboxylic acids is 1. The number of furan rings is 1. The fourth-order valence-electron chi connectivity index (χ4n) is 2.18. The molecule has 0 fully saturated rings. The Kier molecular flexibility index (Phi) is 5.40. The van der Waals surface area contributed by atoms with Gasteiger partial charge in [-0.2, -0.15) is 0 Å². The number of benzene rings is 1. The molecule has 0 radical (unpaired) electrons. The lowest BCUT2D eigenvalue weighted by molar-refractivity contribution is -0.121. The van der Waals surface area contributed by atoms with Crippen LogP contribution in [-0.2, 0) is 24.4 Å². The third-order valence-electron chi connectivity index (χ3n) is 3.38. The van der Waals surface area contributed by atoms with Gasteiger partial charge in [-0.25, -0.2) is 9.07 Å². The summed E-state index contributed by atoms with van der Waals surface area (Å²) >= 11 is 0. The van der Waals surface area contributed by atoms with E-state index in [4.69, 9.17) is 9.15 Å². The summed E-state index contributed by atoms with van der Waals surface area (Å²) in [6.45, 7) is 0.593. The lowest BCUT2D eigenvalue weighted by Gasteiger charge is -2.04. The van der Waals surface area contributed by atoms with E-state index in [1.54, 1.807) is 30.7 Å². The minimum atomic E-state index is -0.439. The van der Waals surface area contributed by atoms with Crippen LogP contribution in [0.3, 0.4) is 0 Å². The van der Waals surface area contributed by atoms with E-state index in [1.807, 2.05) is 6.07 Å². The maximum Gasteiger partial charge on any atom is 0.241 e. The summed E-state index contributed by atoms with van der Waals surface area (Å²) in [5.41, 5.74) is 0.506. The highest BCUT2D eigenvalue weighted by Crippen LogP contribution is 2.16. The van der Waals surface area contributed by atoms with Gasteiger partial charge in [0.25, 0.3) is 0 Å². The van der Waals surface area contributed by atoms with E-state index >= 15 is 0 Å². The molecule has 0 atom stereocenters. The molecule has 8 heteroatoms. The van der Waals surface area contributed by atoms with E-state index in [2.05, 4.69) is 15.6 Å². The summed E-state index contributed by atoms with van der Waals surface area (Å²) < 4.78 is 25.4. The average molecular weight is 344 g/mol. The Morgan fingerprint density at radius 3 is 2.96 bits per heavy atom. The summed E-state index contributed by atoms with van der Waals surface area (Å²) in [5, 5.41) is 10.5. The van der Waals surface area contributed by atoms with Crippen LogP contribution in [0.15, 0.2) is 53.3 Å². The van der Waals surface area contributed by atoms with Crippen molar-refractivity contribution in [3.63, 3.8) is 0 Å². The molecule has 0 saturated heterocycles. The highest BCUT2D eigenvalue weighted by molar-refractivity contribution is 5.75. The zero-order valence-corrected chi connectivity index (χ0v) is 13.4. The van der Waals surface area contributed by atoms with Gasteiger partial charge in [-0.05, 0) is 24.3 Å². The molecule has 0 aliphatic rings. The van der Waals surface area contributed by atoms with E-state index < -0.39 is 5.82 Å². The normalized spacial score (nSPS) is 10.6. The first-order valence-electron chi connectivity index (χ1n) is 7.76. The van der Waals surface area contributed by atoms with Crippen molar-refractivity contribution < 1.29 is 18.3 Å². The Morgan fingerprint density at radius 2 is 2.16 bits per heavy atom. The number of para-hydroxylation sites is 1. The second kappa shape index (κ2) is 8.09. The zero-order chi connectivity index (χ0) is 17.5. The number of carbonyl (C=O) groups is 1. The van der Waals surface area contributed by atoms with E-state index in [-0.39, 0.29) is 24.8 Å². The molecule has 0 unspecified atom stereocenters. The third-order valence-corrected chi connectivity index (χ3v) is 3.38. The van der Waals surface area contributed by atoms with Crippen LogP contribution < -0.4 is 10.1 Å². The third kappa shape index (κ3) is 4.90. The van der Waals surface area contributed by atoms with Crippen molar-refractivity contribution in [1.82, 2.24) is 20.3 Å². The van der Waals surface area contributed by atoms with Crippen molar-refractivity contribution in [1.29, 1.82) is 0 Å². The van der Waals surface area contributed by atoms with Crippen LogP contribution in [0.1, 0.15) is 11.5 Å². The van der Waals surface area contributed by atoms with E-state index in [0.29, 0.717) is 18.7 Å². The first-order valence-corrected chi connectivity index (χ1v) is 7.76. The Labute approximate surface area is 143 Å². The van der Waals surface area contributed by atoms with Crippen molar-refractivity contribution in [3.05, 3.63) is 66.1 Å². The molecule has 25 heavy (non-hydrogen) atoms. The Balaban J connectivity index is 1.43. The molecule has 130 valence electrons. The highest BCUT2D eigenvalue weighted by Gasteiger charge is 2.08. The number of nitrogens with zero attached hydrogens (tertiary/aromatic N) is 3. The van der Waals surface area contributed by atoms with Crippen LogP contribution in [0.4, 0.5) is 4.39 Å². The minimum absolute atomic E-state index is 0.0465. The molecule has 2 heterocycles. The number of rotatable bonds is 8. The van der Waals surface area contributed by atoms with Crippen LogP contribution in [-0.4, -0.2) is 27.4 Å². The monoisotopic (exact) mass is 344 g/mol. The highest BCUT2D eigenvalue weighted by atomic mass is 19.1. The second-order valence-electron chi connectivity index (χ2n) is 5.31. The number of amides is 1. The summed E-state index contributed by atoms with van der Waals surface area (Å²) in [4.78, 5) is 11.9. The molecule has 1 amide bonds. The quantitative estimate of drug-likeness (QED) is 0.675. The standard InChI is InChI=1S/C17H17FN4O3/c18-15-5-1-2-6-16(15)25-12-13-10-22(21-20-13)11-17(23)19-8-7-14-4-3-9-24-14/h1-6,9-10H,7-8,11-12H2,(H,19,23). The van der Waals surface area contributed by atoms with Crippen molar-refractivity contribution in [2.24, 2.45) is 0 Å². The van der Waals surface area contributed by atoms with Crippen LogP contribution >= 0.6 is 0 Å². The Hall–Kier alpha value is -3.16. The van der Waals surface area contributed by atoms with Gasteiger partial charge in [0.2, 0.25) is 5.91 Å². The largest absolute Gasteiger partial charge is 0.484 e.